The number of rotatable bonds is 1. The zero-order valence-corrected chi connectivity index (χ0v) is 13.2. The summed E-state index contributed by atoms with van der Waals surface area (Å²) in [6.07, 6.45) is 2.54. The van der Waals surface area contributed by atoms with E-state index in [1.165, 1.54) is 12.3 Å². The zero-order valence-electron chi connectivity index (χ0n) is 13.2. The Morgan fingerprint density at radius 1 is 1.35 bits per heavy atom. The average molecular weight is 314 g/mol. The van der Waals surface area contributed by atoms with Crippen molar-refractivity contribution in [3.8, 4) is 0 Å². The lowest BCUT2D eigenvalue weighted by Crippen LogP contribution is -2.44. The molecule has 2 aromatic rings. The molecule has 0 saturated heterocycles. The van der Waals surface area contributed by atoms with Crippen LogP contribution in [0.5, 0.6) is 0 Å². The summed E-state index contributed by atoms with van der Waals surface area (Å²) in [5, 5.41) is 2.64. The minimum absolute atomic E-state index is 0.00250. The van der Waals surface area contributed by atoms with E-state index in [1.54, 1.807) is 4.90 Å². The third-order valence-electron chi connectivity index (χ3n) is 4.09. The first-order valence-corrected chi connectivity index (χ1v) is 7.52. The molecule has 0 fully saturated rings. The Kier molecular flexibility index (Phi) is 4.14. The molecule has 6 heteroatoms. The lowest BCUT2D eigenvalue weighted by atomic mass is 10.1. The van der Waals surface area contributed by atoms with Crippen LogP contribution in [0.25, 0.3) is 0 Å². The first-order chi connectivity index (χ1) is 11.1. The summed E-state index contributed by atoms with van der Waals surface area (Å²) in [6.45, 7) is 3.19. The molecule has 0 bridgehead atoms. The van der Waals surface area contributed by atoms with Gasteiger partial charge in [0.2, 0.25) is 0 Å². The van der Waals surface area contributed by atoms with Gasteiger partial charge < -0.3 is 15.1 Å². The molecule has 120 valence electrons. The molecule has 1 aliphatic rings. The molecule has 1 N–H and O–H groups in total. The Labute approximate surface area is 134 Å². The van der Waals surface area contributed by atoms with Crippen LogP contribution in [0.1, 0.15) is 12.5 Å². The number of anilines is 2. The van der Waals surface area contributed by atoms with Gasteiger partial charge in [0.1, 0.15) is 0 Å². The molecule has 1 aromatic heterocycles. The smallest absolute Gasteiger partial charge is 0.322 e. The zero-order chi connectivity index (χ0) is 16.4. The minimum atomic E-state index is -0.541. The van der Waals surface area contributed by atoms with Crippen molar-refractivity contribution in [2.45, 2.75) is 19.5 Å². The summed E-state index contributed by atoms with van der Waals surface area (Å²) >= 11 is 0. The van der Waals surface area contributed by atoms with Crippen molar-refractivity contribution in [1.29, 1.82) is 0 Å². The molecule has 3 rings (SSSR count). The summed E-state index contributed by atoms with van der Waals surface area (Å²) in [7, 11) is 2.01. The van der Waals surface area contributed by atoms with Crippen LogP contribution in [0, 0.1) is 5.82 Å². The molecule has 2 amide bonds. The van der Waals surface area contributed by atoms with E-state index in [0.717, 1.165) is 17.4 Å². The molecule has 0 spiro atoms. The topological polar surface area (TPSA) is 48.5 Å². The molecule has 0 aliphatic carbocycles. The number of para-hydroxylation sites is 1. The Balaban J connectivity index is 1.84. The molecule has 0 saturated carbocycles. The SMILES string of the molecule is C[C@H]1CN(C)c2ccccc2CN1C(=O)Nc1ccncc1F. The van der Waals surface area contributed by atoms with E-state index < -0.39 is 5.82 Å². The van der Waals surface area contributed by atoms with Crippen LogP contribution in [-0.2, 0) is 6.54 Å². The number of hydrogen-bond donors (Lipinski definition) is 1. The van der Waals surface area contributed by atoms with Gasteiger partial charge in [-0.2, -0.15) is 0 Å². The van der Waals surface area contributed by atoms with Gasteiger partial charge in [-0.3, -0.25) is 4.98 Å². The number of likely N-dealkylation sites (N-methyl/N-ethyl adjacent to an activating group) is 1. The highest BCUT2D eigenvalue weighted by Gasteiger charge is 2.27. The van der Waals surface area contributed by atoms with Crippen molar-refractivity contribution in [3.05, 3.63) is 54.1 Å². The fraction of sp³-hybridized carbons (Fsp3) is 0.294. The maximum Gasteiger partial charge on any atom is 0.322 e. The van der Waals surface area contributed by atoms with Gasteiger partial charge in [-0.05, 0) is 24.6 Å². The molecule has 1 aromatic carbocycles. The number of amides is 2. The van der Waals surface area contributed by atoms with Crippen LogP contribution in [0.2, 0.25) is 0 Å². The molecular formula is C17H19FN4O. The highest BCUT2D eigenvalue weighted by molar-refractivity contribution is 5.89. The van der Waals surface area contributed by atoms with E-state index in [2.05, 4.69) is 15.2 Å². The van der Waals surface area contributed by atoms with Crippen LogP contribution in [0.4, 0.5) is 20.6 Å². The van der Waals surface area contributed by atoms with Crippen molar-refractivity contribution in [1.82, 2.24) is 9.88 Å². The number of carbonyl (C=O) groups is 1. The molecule has 0 radical (unpaired) electrons. The average Bonchev–Trinajstić information content (AvgIpc) is 2.66. The molecule has 1 aliphatic heterocycles. The summed E-state index contributed by atoms with van der Waals surface area (Å²) in [4.78, 5) is 20.2. The number of aromatic nitrogens is 1. The third kappa shape index (κ3) is 3.11. The van der Waals surface area contributed by atoms with E-state index >= 15 is 0 Å². The second-order valence-corrected chi connectivity index (χ2v) is 5.77. The van der Waals surface area contributed by atoms with Gasteiger partial charge in [0.05, 0.1) is 11.9 Å². The largest absolute Gasteiger partial charge is 0.372 e. The first kappa shape index (κ1) is 15.3. The molecule has 1 atom stereocenters. The van der Waals surface area contributed by atoms with Crippen LogP contribution in [-0.4, -0.2) is 35.5 Å². The second-order valence-electron chi connectivity index (χ2n) is 5.77. The van der Waals surface area contributed by atoms with E-state index in [4.69, 9.17) is 0 Å². The summed E-state index contributed by atoms with van der Waals surface area (Å²) in [5.41, 5.74) is 2.33. The monoisotopic (exact) mass is 314 g/mol. The van der Waals surface area contributed by atoms with E-state index in [9.17, 15) is 9.18 Å². The fourth-order valence-corrected chi connectivity index (χ4v) is 2.89. The van der Waals surface area contributed by atoms with Crippen molar-refractivity contribution in [2.75, 3.05) is 23.8 Å². The maximum absolute atomic E-state index is 13.7. The van der Waals surface area contributed by atoms with Gasteiger partial charge in [-0.15, -0.1) is 0 Å². The van der Waals surface area contributed by atoms with Gasteiger partial charge in [-0.1, -0.05) is 18.2 Å². The number of benzene rings is 1. The van der Waals surface area contributed by atoms with Crippen LogP contribution in [0.3, 0.4) is 0 Å². The normalized spacial score (nSPS) is 17.4. The van der Waals surface area contributed by atoms with Crippen LogP contribution < -0.4 is 10.2 Å². The summed E-state index contributed by atoms with van der Waals surface area (Å²) < 4.78 is 13.7. The molecular weight excluding hydrogens is 295 g/mol. The van der Waals surface area contributed by atoms with E-state index in [0.29, 0.717) is 13.1 Å². The Hall–Kier alpha value is -2.63. The number of carbonyl (C=O) groups excluding carboxylic acids is 1. The first-order valence-electron chi connectivity index (χ1n) is 7.52. The second kappa shape index (κ2) is 6.24. The lowest BCUT2D eigenvalue weighted by Gasteiger charge is -2.28. The number of fused-ring (bicyclic) bond motifs is 1. The van der Waals surface area contributed by atoms with E-state index in [-0.39, 0.29) is 17.8 Å². The van der Waals surface area contributed by atoms with Crippen LogP contribution in [0.15, 0.2) is 42.7 Å². The van der Waals surface area contributed by atoms with Gasteiger partial charge in [-0.25, -0.2) is 9.18 Å². The van der Waals surface area contributed by atoms with Crippen LogP contribution >= 0.6 is 0 Å². The minimum Gasteiger partial charge on any atom is -0.372 e. The Bertz CT molecular complexity index is 721. The number of halogens is 1. The number of hydrogen-bond acceptors (Lipinski definition) is 3. The highest BCUT2D eigenvalue weighted by Crippen LogP contribution is 2.26. The maximum atomic E-state index is 13.7. The molecule has 5 nitrogen and oxygen atoms in total. The van der Waals surface area contributed by atoms with Gasteiger partial charge in [0.15, 0.2) is 5.82 Å². The van der Waals surface area contributed by atoms with Crippen molar-refractivity contribution < 1.29 is 9.18 Å². The standard InChI is InChI=1S/C17H19FN4O/c1-12-10-21(2)16-6-4-3-5-13(16)11-22(12)17(23)20-15-7-8-19-9-14(15)18/h3-9,12H,10-11H2,1-2H3,(H,19,20,23)/t12-/m0/s1. The molecule has 23 heavy (non-hydrogen) atoms. The van der Waals surface area contributed by atoms with Crippen molar-refractivity contribution >= 4 is 17.4 Å². The molecule has 2 heterocycles. The van der Waals surface area contributed by atoms with Crippen molar-refractivity contribution in [2.24, 2.45) is 0 Å². The van der Waals surface area contributed by atoms with Gasteiger partial charge in [0, 0.05) is 38.1 Å². The number of pyridine rings is 1. The highest BCUT2D eigenvalue weighted by atomic mass is 19.1. The number of urea groups is 1. The van der Waals surface area contributed by atoms with E-state index in [1.807, 2.05) is 38.2 Å². The summed E-state index contributed by atoms with van der Waals surface area (Å²) in [5.74, 6) is -0.541. The predicted octanol–water partition coefficient (Wildman–Crippen LogP) is 3.09. The number of nitrogens with zero attached hydrogens (tertiary/aromatic N) is 3. The predicted molar refractivity (Wildman–Crippen MR) is 87.9 cm³/mol. The van der Waals surface area contributed by atoms with Crippen molar-refractivity contribution in [3.63, 3.8) is 0 Å². The summed E-state index contributed by atoms with van der Waals surface area (Å²) in [6, 6.07) is 9.15. The van der Waals surface area contributed by atoms with Gasteiger partial charge >= 0.3 is 6.03 Å². The Morgan fingerprint density at radius 3 is 2.91 bits per heavy atom. The molecule has 0 unspecified atom stereocenters. The lowest BCUT2D eigenvalue weighted by molar-refractivity contribution is 0.192. The quantitative estimate of drug-likeness (QED) is 0.880. The number of nitrogens with one attached hydrogen (secondary N) is 1. The van der Waals surface area contributed by atoms with Gasteiger partial charge in [0.25, 0.3) is 0 Å². The Morgan fingerprint density at radius 2 is 2.13 bits per heavy atom. The fourth-order valence-electron chi connectivity index (χ4n) is 2.89. The third-order valence-corrected chi connectivity index (χ3v) is 4.09.